The van der Waals surface area contributed by atoms with Crippen molar-refractivity contribution < 1.29 is 13.2 Å². The number of hydrogen-bond acceptors (Lipinski definition) is 5. The predicted molar refractivity (Wildman–Crippen MR) is 52.1 cm³/mol. The molecular formula is C6H7F3N4S2. The molecule has 0 fully saturated rings. The van der Waals surface area contributed by atoms with E-state index >= 15 is 0 Å². The second-order valence-electron chi connectivity index (χ2n) is 2.57. The highest BCUT2D eigenvalue weighted by molar-refractivity contribution is 8.00. The number of rotatable bonds is 4. The van der Waals surface area contributed by atoms with E-state index in [2.05, 4.69) is 9.36 Å². The third-order valence-corrected chi connectivity index (χ3v) is 3.38. The number of nitrogens with two attached hydrogens (primary N) is 1. The van der Waals surface area contributed by atoms with Crippen molar-refractivity contribution in [3.05, 3.63) is 6.33 Å². The van der Waals surface area contributed by atoms with Gasteiger partial charge >= 0.3 is 6.18 Å². The van der Waals surface area contributed by atoms with Gasteiger partial charge in [0.15, 0.2) is 4.34 Å². The number of halogens is 3. The Labute approximate surface area is 91.8 Å². The van der Waals surface area contributed by atoms with Crippen LogP contribution in [0.4, 0.5) is 13.2 Å². The molecule has 0 radical (unpaired) electrons. The molecule has 0 amide bonds. The third kappa shape index (κ3) is 3.67. The lowest BCUT2D eigenvalue weighted by Crippen LogP contribution is -2.36. The van der Waals surface area contributed by atoms with Crippen LogP contribution in [0.15, 0.2) is 10.7 Å². The Morgan fingerprint density at radius 1 is 1.67 bits per heavy atom. The lowest BCUT2D eigenvalue weighted by Gasteiger charge is -2.17. The first kappa shape index (κ1) is 12.2. The minimum Gasteiger partial charge on any atom is -0.387 e. The molecule has 0 bridgehead atoms. The van der Waals surface area contributed by atoms with Gasteiger partial charge in [-0.15, -0.1) is 0 Å². The number of nitrogens with zero attached hydrogens (tertiary/aromatic N) is 2. The standard InChI is InChI=1S/C6H7F3N4S2/c7-6(8,9)3(4(10)11)1-14-5-12-2-13-15-5/h2-3H,1H2,(H3,10,11). The molecule has 15 heavy (non-hydrogen) atoms. The number of hydrogen-bond donors (Lipinski definition) is 2. The Bertz CT molecular complexity index is 324. The molecule has 3 N–H and O–H groups in total. The summed E-state index contributed by atoms with van der Waals surface area (Å²) in [6.45, 7) is 0. The summed E-state index contributed by atoms with van der Waals surface area (Å²) in [4.78, 5) is 3.72. The number of thioether (sulfide) groups is 1. The molecule has 0 spiro atoms. The zero-order valence-electron chi connectivity index (χ0n) is 7.28. The van der Waals surface area contributed by atoms with E-state index in [1.165, 1.54) is 6.33 Å². The molecule has 1 aromatic heterocycles. The van der Waals surface area contributed by atoms with Gasteiger partial charge in [-0.2, -0.15) is 17.5 Å². The van der Waals surface area contributed by atoms with Crippen molar-refractivity contribution in [2.75, 3.05) is 5.75 Å². The maximum Gasteiger partial charge on any atom is 0.399 e. The monoisotopic (exact) mass is 256 g/mol. The van der Waals surface area contributed by atoms with Crippen LogP contribution in [0.1, 0.15) is 0 Å². The summed E-state index contributed by atoms with van der Waals surface area (Å²) in [7, 11) is 0. The lowest BCUT2D eigenvalue weighted by molar-refractivity contribution is -0.149. The Balaban J connectivity index is 2.57. The van der Waals surface area contributed by atoms with E-state index in [1.54, 1.807) is 0 Å². The summed E-state index contributed by atoms with van der Waals surface area (Å²) in [6, 6.07) is 0. The number of amidine groups is 1. The maximum absolute atomic E-state index is 12.3. The zero-order valence-corrected chi connectivity index (χ0v) is 8.92. The summed E-state index contributed by atoms with van der Waals surface area (Å²) in [5.41, 5.74) is 4.88. The van der Waals surface area contributed by atoms with E-state index in [0.29, 0.717) is 4.34 Å². The summed E-state index contributed by atoms with van der Waals surface area (Å²) in [5, 5.41) is 6.85. The highest BCUT2D eigenvalue weighted by atomic mass is 32.2. The largest absolute Gasteiger partial charge is 0.399 e. The molecule has 1 rings (SSSR count). The van der Waals surface area contributed by atoms with Gasteiger partial charge in [-0.1, -0.05) is 11.8 Å². The van der Waals surface area contributed by atoms with Crippen LogP contribution in [0.5, 0.6) is 0 Å². The molecule has 4 nitrogen and oxygen atoms in total. The van der Waals surface area contributed by atoms with E-state index in [9.17, 15) is 13.2 Å². The van der Waals surface area contributed by atoms with Crippen molar-refractivity contribution >= 4 is 29.1 Å². The van der Waals surface area contributed by atoms with E-state index in [1.807, 2.05) is 0 Å². The SMILES string of the molecule is N=C(N)C(CSc1ncns1)C(F)(F)F. The van der Waals surface area contributed by atoms with Crippen molar-refractivity contribution in [2.45, 2.75) is 10.5 Å². The quantitative estimate of drug-likeness (QED) is 0.489. The summed E-state index contributed by atoms with van der Waals surface area (Å²) in [5.74, 6) is -3.14. The predicted octanol–water partition coefficient (Wildman–Crippen LogP) is 1.74. The van der Waals surface area contributed by atoms with Gasteiger partial charge in [-0.25, -0.2) is 4.98 Å². The molecule has 0 aliphatic carbocycles. The van der Waals surface area contributed by atoms with Gasteiger partial charge in [0.1, 0.15) is 18.1 Å². The van der Waals surface area contributed by atoms with Crippen LogP contribution in [0.25, 0.3) is 0 Å². The summed E-state index contributed by atoms with van der Waals surface area (Å²) < 4.78 is 41.1. The average Bonchev–Trinajstić information content (AvgIpc) is 2.53. The van der Waals surface area contributed by atoms with E-state index < -0.39 is 17.9 Å². The second-order valence-corrected chi connectivity index (χ2v) is 4.61. The first-order valence-electron chi connectivity index (χ1n) is 3.71. The molecule has 0 saturated carbocycles. The Morgan fingerprint density at radius 2 is 2.33 bits per heavy atom. The Morgan fingerprint density at radius 3 is 2.73 bits per heavy atom. The molecule has 0 aliphatic heterocycles. The van der Waals surface area contributed by atoms with Crippen molar-refractivity contribution in [1.29, 1.82) is 5.41 Å². The van der Waals surface area contributed by atoms with Gasteiger partial charge in [0.05, 0.1) is 0 Å². The lowest BCUT2D eigenvalue weighted by atomic mass is 10.1. The zero-order chi connectivity index (χ0) is 11.5. The van der Waals surface area contributed by atoms with Crippen molar-refractivity contribution in [3.8, 4) is 0 Å². The molecule has 1 atom stereocenters. The minimum atomic E-state index is -4.48. The Kier molecular flexibility index (Phi) is 3.91. The van der Waals surface area contributed by atoms with Crippen molar-refractivity contribution in [3.63, 3.8) is 0 Å². The van der Waals surface area contributed by atoms with Gasteiger partial charge in [0, 0.05) is 5.75 Å². The molecule has 1 heterocycles. The molecule has 0 aromatic carbocycles. The van der Waals surface area contributed by atoms with Crippen LogP contribution < -0.4 is 5.73 Å². The molecule has 1 aromatic rings. The van der Waals surface area contributed by atoms with E-state index in [4.69, 9.17) is 11.1 Å². The molecule has 0 saturated heterocycles. The van der Waals surface area contributed by atoms with E-state index in [0.717, 1.165) is 23.3 Å². The number of alkyl halides is 3. The topological polar surface area (TPSA) is 75.7 Å². The van der Waals surface area contributed by atoms with Gasteiger partial charge in [-0.05, 0) is 11.5 Å². The molecule has 0 aliphatic rings. The fraction of sp³-hybridized carbons (Fsp3) is 0.500. The van der Waals surface area contributed by atoms with E-state index in [-0.39, 0.29) is 5.75 Å². The van der Waals surface area contributed by atoms with Crippen molar-refractivity contribution in [1.82, 2.24) is 9.36 Å². The smallest absolute Gasteiger partial charge is 0.387 e. The normalized spacial score (nSPS) is 13.8. The van der Waals surface area contributed by atoms with Gasteiger partial charge in [-0.3, -0.25) is 5.41 Å². The summed E-state index contributed by atoms with van der Waals surface area (Å²) >= 11 is 1.90. The third-order valence-electron chi connectivity index (χ3n) is 1.49. The Hall–Kier alpha value is -0.830. The number of nitrogens with one attached hydrogen (secondary N) is 1. The first-order valence-corrected chi connectivity index (χ1v) is 5.47. The van der Waals surface area contributed by atoms with Crippen LogP contribution in [0.3, 0.4) is 0 Å². The molecule has 1 unspecified atom stereocenters. The van der Waals surface area contributed by atoms with Crippen LogP contribution >= 0.6 is 23.3 Å². The maximum atomic E-state index is 12.3. The second kappa shape index (κ2) is 4.79. The van der Waals surface area contributed by atoms with Gasteiger partial charge < -0.3 is 5.73 Å². The van der Waals surface area contributed by atoms with Gasteiger partial charge in [0.2, 0.25) is 0 Å². The fourth-order valence-corrected chi connectivity index (χ4v) is 2.36. The highest BCUT2D eigenvalue weighted by Crippen LogP contribution is 2.31. The number of aromatic nitrogens is 2. The van der Waals surface area contributed by atoms with Crippen LogP contribution in [-0.2, 0) is 0 Å². The van der Waals surface area contributed by atoms with Crippen LogP contribution in [0, 0.1) is 11.3 Å². The average molecular weight is 256 g/mol. The van der Waals surface area contributed by atoms with Gasteiger partial charge in [0.25, 0.3) is 0 Å². The first-order chi connectivity index (χ1) is 6.91. The fourth-order valence-electron chi connectivity index (χ4n) is 0.742. The highest BCUT2D eigenvalue weighted by Gasteiger charge is 2.41. The molecule has 84 valence electrons. The van der Waals surface area contributed by atoms with Crippen LogP contribution in [-0.4, -0.2) is 27.1 Å². The summed E-state index contributed by atoms with van der Waals surface area (Å²) in [6.07, 6.45) is -3.22. The molecular weight excluding hydrogens is 249 g/mol. The van der Waals surface area contributed by atoms with Crippen molar-refractivity contribution in [2.24, 2.45) is 11.7 Å². The van der Waals surface area contributed by atoms with Crippen LogP contribution in [0.2, 0.25) is 0 Å². The molecule has 9 heteroatoms. The minimum absolute atomic E-state index is 0.339.